The van der Waals surface area contributed by atoms with E-state index in [9.17, 15) is 5.11 Å². The molecule has 2 atom stereocenters. The zero-order valence-electron chi connectivity index (χ0n) is 23.2. The number of nitrogens with zero attached hydrogens (tertiary/aromatic N) is 2. The largest absolute Gasteiger partial charge is 0.393 e. The molecular formula is C33H39IrN2O2-. The summed E-state index contributed by atoms with van der Waals surface area (Å²) in [5.74, 6) is 0.508. The van der Waals surface area contributed by atoms with E-state index in [1.807, 2.05) is 12.3 Å². The maximum atomic E-state index is 9.23. The average Bonchev–Trinajstić information content (AvgIpc) is 2.85. The maximum absolute atomic E-state index is 9.23. The molecule has 1 radical (unpaired) electrons. The summed E-state index contributed by atoms with van der Waals surface area (Å²) in [6.07, 6.45) is 2.42. The Balaban J connectivity index is 0.000000396. The van der Waals surface area contributed by atoms with Gasteiger partial charge in [0, 0.05) is 37.6 Å². The van der Waals surface area contributed by atoms with Crippen LogP contribution in [0.2, 0.25) is 0 Å². The molecule has 4 nitrogen and oxygen atoms in total. The van der Waals surface area contributed by atoms with Gasteiger partial charge < -0.3 is 15.2 Å². The van der Waals surface area contributed by atoms with Crippen molar-refractivity contribution in [2.75, 3.05) is 0 Å². The molecule has 4 rings (SSSR count). The van der Waals surface area contributed by atoms with Crippen LogP contribution in [0, 0.1) is 32.8 Å². The molecule has 38 heavy (non-hydrogen) atoms. The first-order valence-electron chi connectivity index (χ1n) is 13.0. The SMILES string of the molecule is CC(C)CC(O)CC(C)O.Cc1c[c-]c(-c2ncc(-c3ccc(C)cc3)nc2-c2ccc(C)cc2)cc1.[Ir]. The van der Waals surface area contributed by atoms with Gasteiger partial charge in [-0.2, -0.15) is 0 Å². The Bertz CT molecular complexity index is 1240. The normalized spacial score (nSPS) is 12.2. The molecule has 0 saturated carbocycles. The van der Waals surface area contributed by atoms with Gasteiger partial charge in [-0.15, -0.1) is 35.4 Å². The van der Waals surface area contributed by atoms with Gasteiger partial charge in [-0.3, -0.25) is 4.98 Å². The second-order valence-corrected chi connectivity index (χ2v) is 10.3. The van der Waals surface area contributed by atoms with Crippen molar-refractivity contribution in [3.05, 3.63) is 95.7 Å². The number of rotatable bonds is 7. The van der Waals surface area contributed by atoms with E-state index in [0.717, 1.165) is 40.2 Å². The fraction of sp³-hybridized carbons (Fsp3) is 0.333. The summed E-state index contributed by atoms with van der Waals surface area (Å²) < 4.78 is 0. The first-order chi connectivity index (χ1) is 17.6. The quantitative estimate of drug-likeness (QED) is 0.199. The number of aliphatic hydroxyl groups excluding tert-OH is 2. The minimum atomic E-state index is -0.381. The predicted molar refractivity (Wildman–Crippen MR) is 153 cm³/mol. The zero-order valence-corrected chi connectivity index (χ0v) is 25.6. The monoisotopic (exact) mass is 688 g/mol. The van der Waals surface area contributed by atoms with E-state index < -0.39 is 0 Å². The summed E-state index contributed by atoms with van der Waals surface area (Å²) >= 11 is 0. The van der Waals surface area contributed by atoms with Gasteiger partial charge in [-0.25, -0.2) is 0 Å². The minimum Gasteiger partial charge on any atom is -0.393 e. The molecule has 0 aliphatic rings. The van der Waals surface area contributed by atoms with Gasteiger partial charge in [-0.05, 0) is 45.1 Å². The van der Waals surface area contributed by atoms with Crippen LogP contribution in [0.3, 0.4) is 0 Å². The Morgan fingerprint density at radius 3 is 1.76 bits per heavy atom. The Morgan fingerprint density at radius 1 is 0.711 bits per heavy atom. The molecule has 0 saturated heterocycles. The molecule has 4 aromatic rings. The number of hydrogen-bond acceptors (Lipinski definition) is 4. The summed E-state index contributed by atoms with van der Waals surface area (Å²) in [4.78, 5) is 9.77. The van der Waals surface area contributed by atoms with Crippen LogP contribution >= 0.6 is 0 Å². The third-order valence-corrected chi connectivity index (χ3v) is 6.02. The summed E-state index contributed by atoms with van der Waals surface area (Å²) in [6, 6.07) is 26.3. The van der Waals surface area contributed by atoms with Crippen LogP contribution in [0.25, 0.3) is 33.8 Å². The number of hydrogen-bond donors (Lipinski definition) is 2. The molecular weight excluding hydrogens is 649 g/mol. The smallest absolute Gasteiger partial charge is 0.0873 e. The van der Waals surface area contributed by atoms with Crippen molar-refractivity contribution >= 4 is 0 Å². The second-order valence-electron chi connectivity index (χ2n) is 10.3. The molecule has 2 unspecified atom stereocenters. The van der Waals surface area contributed by atoms with Crippen LogP contribution in [0.5, 0.6) is 0 Å². The molecule has 0 aliphatic carbocycles. The molecule has 0 aliphatic heterocycles. The molecule has 0 amide bonds. The van der Waals surface area contributed by atoms with Crippen molar-refractivity contribution in [1.29, 1.82) is 0 Å². The van der Waals surface area contributed by atoms with Gasteiger partial charge in [-0.1, -0.05) is 80.4 Å². The van der Waals surface area contributed by atoms with Gasteiger partial charge in [0.15, 0.2) is 0 Å². The molecule has 203 valence electrons. The number of aliphatic hydroxyl groups is 2. The Labute approximate surface area is 241 Å². The first-order valence-corrected chi connectivity index (χ1v) is 13.0. The molecule has 5 heteroatoms. The number of aromatic nitrogens is 2. The van der Waals surface area contributed by atoms with Crippen LogP contribution in [0.1, 0.15) is 50.3 Å². The summed E-state index contributed by atoms with van der Waals surface area (Å²) in [7, 11) is 0. The average molecular weight is 688 g/mol. The molecule has 0 spiro atoms. The van der Waals surface area contributed by atoms with E-state index in [2.05, 4.69) is 101 Å². The van der Waals surface area contributed by atoms with Crippen LogP contribution in [-0.4, -0.2) is 32.4 Å². The van der Waals surface area contributed by atoms with Crippen molar-refractivity contribution in [3.63, 3.8) is 0 Å². The van der Waals surface area contributed by atoms with Crippen molar-refractivity contribution in [1.82, 2.24) is 9.97 Å². The van der Waals surface area contributed by atoms with Gasteiger partial charge in [0.1, 0.15) is 0 Å². The standard InChI is InChI=1S/C25H21N2.C8H18O2.Ir/c1-17-4-10-20(11-5-17)23-16-26-24(21-12-6-18(2)7-13-21)25(27-23)22-14-8-19(3)9-15-22;1-6(2)4-8(10)5-7(3)9;/h4-12,14-16H,1-3H3;6-10H,4-5H2,1-3H3;/q-1;;. The fourth-order valence-electron chi connectivity index (χ4n) is 4.05. The Morgan fingerprint density at radius 2 is 1.26 bits per heavy atom. The molecule has 1 heterocycles. The number of benzene rings is 3. The maximum Gasteiger partial charge on any atom is 0.0873 e. The summed E-state index contributed by atoms with van der Waals surface area (Å²) in [5.41, 5.74) is 9.34. The van der Waals surface area contributed by atoms with E-state index in [-0.39, 0.29) is 32.3 Å². The molecule has 1 aromatic heterocycles. The minimum absolute atomic E-state index is 0. The van der Waals surface area contributed by atoms with Gasteiger partial charge in [0.25, 0.3) is 0 Å². The van der Waals surface area contributed by atoms with Crippen LogP contribution in [0.4, 0.5) is 0 Å². The fourth-order valence-corrected chi connectivity index (χ4v) is 4.05. The van der Waals surface area contributed by atoms with Crippen molar-refractivity contribution in [2.45, 2.75) is 66.6 Å². The van der Waals surface area contributed by atoms with E-state index in [1.165, 1.54) is 16.7 Å². The van der Waals surface area contributed by atoms with E-state index in [0.29, 0.717) is 12.3 Å². The molecule has 0 bridgehead atoms. The zero-order chi connectivity index (χ0) is 26.9. The van der Waals surface area contributed by atoms with Crippen molar-refractivity contribution in [2.24, 2.45) is 5.92 Å². The van der Waals surface area contributed by atoms with Gasteiger partial charge in [0.2, 0.25) is 0 Å². The number of aryl methyl sites for hydroxylation is 3. The van der Waals surface area contributed by atoms with Gasteiger partial charge >= 0.3 is 0 Å². The van der Waals surface area contributed by atoms with E-state index >= 15 is 0 Å². The van der Waals surface area contributed by atoms with E-state index in [4.69, 9.17) is 15.1 Å². The molecule has 0 fully saturated rings. The topological polar surface area (TPSA) is 66.2 Å². The molecule has 2 N–H and O–H groups in total. The van der Waals surface area contributed by atoms with Crippen LogP contribution < -0.4 is 0 Å². The van der Waals surface area contributed by atoms with Crippen LogP contribution in [0.15, 0.2) is 72.9 Å². The summed E-state index contributed by atoms with van der Waals surface area (Å²) in [6.45, 7) is 12.1. The van der Waals surface area contributed by atoms with Crippen LogP contribution in [-0.2, 0) is 20.1 Å². The summed E-state index contributed by atoms with van der Waals surface area (Å²) in [5, 5.41) is 18.1. The first kappa shape index (κ1) is 31.5. The Hall–Kier alpha value is -2.69. The van der Waals surface area contributed by atoms with Crippen molar-refractivity contribution in [3.8, 4) is 33.8 Å². The second kappa shape index (κ2) is 15.0. The predicted octanol–water partition coefficient (Wildman–Crippen LogP) is 7.36. The molecule has 3 aromatic carbocycles. The third kappa shape index (κ3) is 9.56. The van der Waals surface area contributed by atoms with Gasteiger partial charge in [0.05, 0.1) is 23.6 Å². The van der Waals surface area contributed by atoms with Crippen molar-refractivity contribution < 1.29 is 30.3 Å². The Kier molecular flexibility index (Phi) is 12.5. The van der Waals surface area contributed by atoms with E-state index in [1.54, 1.807) is 6.92 Å². The third-order valence-electron chi connectivity index (χ3n) is 6.02.